The first-order chi connectivity index (χ1) is 14.1. The molecule has 0 aliphatic rings. The summed E-state index contributed by atoms with van der Waals surface area (Å²) in [6.07, 6.45) is 0.0324. The number of nitrogens with one attached hydrogen (secondary N) is 1. The number of aliphatic hydroxyl groups is 1. The fourth-order valence-electron chi connectivity index (χ4n) is 2.57. The highest BCUT2D eigenvalue weighted by Gasteiger charge is 2.16. The largest absolute Gasteiger partial charge is 0.462 e. The van der Waals surface area contributed by atoms with E-state index >= 15 is 0 Å². The summed E-state index contributed by atoms with van der Waals surface area (Å²) < 4.78 is 10.6. The van der Waals surface area contributed by atoms with Crippen LogP contribution in [0.5, 0.6) is 0 Å². The van der Waals surface area contributed by atoms with Gasteiger partial charge in [-0.05, 0) is 36.8 Å². The zero-order valence-corrected chi connectivity index (χ0v) is 15.7. The fourth-order valence-corrected chi connectivity index (χ4v) is 2.57. The Hall–Kier alpha value is -3.71. The van der Waals surface area contributed by atoms with Crippen LogP contribution in [-0.4, -0.2) is 29.8 Å². The second-order valence-corrected chi connectivity index (χ2v) is 6.05. The summed E-state index contributed by atoms with van der Waals surface area (Å²) in [6.45, 7) is 2.07. The van der Waals surface area contributed by atoms with Gasteiger partial charge in [0, 0.05) is 5.56 Å². The van der Waals surface area contributed by atoms with Crippen LogP contribution in [0.4, 0.5) is 0 Å². The Bertz CT molecular complexity index is 994. The van der Waals surface area contributed by atoms with Crippen LogP contribution >= 0.6 is 0 Å². The number of benzene rings is 2. The number of carbonyl (C=O) groups is 2. The highest BCUT2D eigenvalue weighted by atomic mass is 16.5. The molecule has 0 aliphatic heterocycles. The van der Waals surface area contributed by atoms with E-state index in [1.54, 1.807) is 73.7 Å². The van der Waals surface area contributed by atoms with Crippen LogP contribution in [0.3, 0.4) is 0 Å². The van der Waals surface area contributed by atoms with Gasteiger partial charge in [0.25, 0.3) is 5.91 Å². The Morgan fingerprint density at radius 1 is 1.10 bits per heavy atom. The normalized spacial score (nSPS) is 11.9. The van der Waals surface area contributed by atoms with Gasteiger partial charge < -0.3 is 14.3 Å². The lowest BCUT2D eigenvalue weighted by atomic mass is 10.1. The van der Waals surface area contributed by atoms with Crippen molar-refractivity contribution in [1.29, 1.82) is 0 Å². The molecule has 1 heterocycles. The topological polar surface area (TPSA) is 101 Å². The molecule has 3 aromatic rings. The van der Waals surface area contributed by atoms with Gasteiger partial charge in [0.2, 0.25) is 0 Å². The number of nitrogens with zero attached hydrogens (tertiary/aromatic N) is 1. The Morgan fingerprint density at radius 2 is 1.83 bits per heavy atom. The van der Waals surface area contributed by atoms with Gasteiger partial charge >= 0.3 is 5.97 Å². The third kappa shape index (κ3) is 5.18. The summed E-state index contributed by atoms with van der Waals surface area (Å²) in [6, 6.07) is 18.8. The standard InChI is InChI=1S/C22H20N2O5/c1-2-28-22(27)17-10-8-15(9-11-17)19-13-12-18(29-19)14-23-24-21(26)20(25)16-6-4-3-5-7-16/h3-14,20,25H,2H2,1H3,(H,24,26)/b23-14-/t20-/m1/s1. The molecular weight excluding hydrogens is 372 g/mol. The summed E-state index contributed by atoms with van der Waals surface area (Å²) in [4.78, 5) is 23.6. The molecule has 0 aliphatic carbocycles. The molecular formula is C22H20N2O5. The molecule has 1 atom stereocenters. The van der Waals surface area contributed by atoms with Crippen LogP contribution < -0.4 is 5.43 Å². The van der Waals surface area contributed by atoms with Gasteiger partial charge in [0.05, 0.1) is 18.4 Å². The third-order valence-electron chi connectivity index (χ3n) is 4.04. The zero-order valence-electron chi connectivity index (χ0n) is 15.7. The van der Waals surface area contributed by atoms with E-state index < -0.39 is 12.0 Å². The minimum absolute atomic E-state index is 0.320. The summed E-state index contributed by atoms with van der Waals surface area (Å²) in [5.41, 5.74) is 4.00. The molecule has 0 fully saturated rings. The van der Waals surface area contributed by atoms with E-state index in [9.17, 15) is 14.7 Å². The van der Waals surface area contributed by atoms with Crippen LogP contribution in [0.1, 0.15) is 34.7 Å². The molecule has 29 heavy (non-hydrogen) atoms. The fraction of sp³-hybridized carbons (Fsp3) is 0.136. The van der Waals surface area contributed by atoms with Crippen molar-refractivity contribution in [3.63, 3.8) is 0 Å². The molecule has 148 valence electrons. The highest BCUT2D eigenvalue weighted by Crippen LogP contribution is 2.22. The lowest BCUT2D eigenvalue weighted by molar-refractivity contribution is -0.129. The number of hydrazone groups is 1. The Kier molecular flexibility index (Phi) is 6.55. The smallest absolute Gasteiger partial charge is 0.338 e. The van der Waals surface area contributed by atoms with Crippen molar-refractivity contribution in [2.75, 3.05) is 6.61 Å². The number of aliphatic hydroxyl groups excluding tert-OH is 1. The number of hydrogen-bond donors (Lipinski definition) is 2. The van der Waals surface area contributed by atoms with Gasteiger partial charge in [0.1, 0.15) is 11.5 Å². The molecule has 2 N–H and O–H groups in total. The van der Waals surface area contributed by atoms with Crippen molar-refractivity contribution in [2.45, 2.75) is 13.0 Å². The monoisotopic (exact) mass is 392 g/mol. The maximum atomic E-state index is 12.0. The molecule has 7 heteroatoms. The molecule has 0 bridgehead atoms. The SMILES string of the molecule is CCOC(=O)c1ccc(-c2ccc(/C=N\NC(=O)[C@H](O)c3ccccc3)o2)cc1. The van der Waals surface area contributed by atoms with E-state index in [4.69, 9.17) is 9.15 Å². The van der Waals surface area contributed by atoms with Crippen molar-refractivity contribution in [3.8, 4) is 11.3 Å². The molecule has 7 nitrogen and oxygen atoms in total. The number of esters is 1. The second-order valence-electron chi connectivity index (χ2n) is 6.05. The van der Waals surface area contributed by atoms with E-state index in [1.165, 1.54) is 6.21 Å². The number of carbonyl (C=O) groups excluding carboxylic acids is 2. The maximum absolute atomic E-state index is 12.0. The van der Waals surface area contributed by atoms with Crippen molar-refractivity contribution >= 4 is 18.1 Å². The van der Waals surface area contributed by atoms with Crippen molar-refractivity contribution in [1.82, 2.24) is 5.43 Å². The van der Waals surface area contributed by atoms with Crippen molar-refractivity contribution in [2.24, 2.45) is 5.10 Å². The van der Waals surface area contributed by atoms with E-state index in [2.05, 4.69) is 10.5 Å². The Balaban J connectivity index is 1.60. The van der Waals surface area contributed by atoms with Gasteiger partial charge in [-0.2, -0.15) is 5.10 Å². The quantitative estimate of drug-likeness (QED) is 0.365. The van der Waals surface area contributed by atoms with Crippen LogP contribution in [0.25, 0.3) is 11.3 Å². The molecule has 1 amide bonds. The third-order valence-corrected chi connectivity index (χ3v) is 4.04. The van der Waals surface area contributed by atoms with Crippen LogP contribution in [0.15, 0.2) is 76.2 Å². The number of furan rings is 1. The van der Waals surface area contributed by atoms with E-state index in [0.29, 0.717) is 29.3 Å². The van der Waals surface area contributed by atoms with Crippen LogP contribution in [0.2, 0.25) is 0 Å². The number of hydrogen-bond acceptors (Lipinski definition) is 6. The average molecular weight is 392 g/mol. The zero-order chi connectivity index (χ0) is 20.6. The average Bonchev–Trinajstić information content (AvgIpc) is 3.23. The van der Waals surface area contributed by atoms with Gasteiger partial charge in [-0.1, -0.05) is 42.5 Å². The van der Waals surface area contributed by atoms with E-state index in [1.807, 2.05) is 0 Å². The van der Waals surface area contributed by atoms with Gasteiger partial charge in [-0.3, -0.25) is 4.79 Å². The summed E-state index contributed by atoms with van der Waals surface area (Å²) in [5, 5.41) is 13.8. The van der Waals surface area contributed by atoms with Crippen LogP contribution in [-0.2, 0) is 9.53 Å². The maximum Gasteiger partial charge on any atom is 0.338 e. The molecule has 0 spiro atoms. The summed E-state index contributed by atoms with van der Waals surface area (Å²) in [7, 11) is 0. The van der Waals surface area contributed by atoms with E-state index in [-0.39, 0.29) is 5.97 Å². The van der Waals surface area contributed by atoms with E-state index in [0.717, 1.165) is 5.56 Å². The number of ether oxygens (including phenoxy) is 1. The van der Waals surface area contributed by atoms with Crippen LogP contribution in [0, 0.1) is 0 Å². The number of rotatable bonds is 7. The van der Waals surface area contributed by atoms with Gasteiger partial charge in [0.15, 0.2) is 6.10 Å². The van der Waals surface area contributed by atoms with Crippen molar-refractivity contribution < 1.29 is 23.8 Å². The lowest BCUT2D eigenvalue weighted by Crippen LogP contribution is -2.25. The molecule has 0 saturated heterocycles. The molecule has 0 radical (unpaired) electrons. The summed E-state index contributed by atoms with van der Waals surface area (Å²) in [5.74, 6) is -0.0185. The second kappa shape index (κ2) is 9.48. The molecule has 2 aromatic carbocycles. The predicted octanol–water partition coefficient (Wildman–Crippen LogP) is 3.31. The first-order valence-corrected chi connectivity index (χ1v) is 9.02. The Labute approximate surface area is 167 Å². The molecule has 0 saturated carbocycles. The molecule has 3 rings (SSSR count). The predicted molar refractivity (Wildman–Crippen MR) is 107 cm³/mol. The first kappa shape index (κ1) is 20.0. The van der Waals surface area contributed by atoms with Crippen molar-refractivity contribution in [3.05, 3.63) is 83.6 Å². The summed E-state index contributed by atoms with van der Waals surface area (Å²) >= 11 is 0. The highest BCUT2D eigenvalue weighted by molar-refractivity contribution is 5.90. The minimum atomic E-state index is -1.31. The number of amides is 1. The first-order valence-electron chi connectivity index (χ1n) is 9.02. The van der Waals surface area contributed by atoms with Gasteiger partial charge in [-0.15, -0.1) is 0 Å². The van der Waals surface area contributed by atoms with Gasteiger partial charge in [-0.25, -0.2) is 10.2 Å². The molecule has 0 unspecified atom stereocenters. The minimum Gasteiger partial charge on any atom is -0.462 e. The lowest BCUT2D eigenvalue weighted by Gasteiger charge is -2.08. The molecule has 1 aromatic heterocycles. The Morgan fingerprint density at radius 3 is 2.52 bits per heavy atom.